The van der Waals surface area contributed by atoms with Crippen LogP contribution in [-0.2, 0) is 24.8 Å². The van der Waals surface area contributed by atoms with Gasteiger partial charge in [-0.3, -0.25) is 14.2 Å². The molecule has 0 saturated carbocycles. The Kier molecular flexibility index (Phi) is 8.27. The van der Waals surface area contributed by atoms with Gasteiger partial charge in [0.15, 0.2) is 5.57 Å². The van der Waals surface area contributed by atoms with Crippen molar-refractivity contribution in [2.75, 3.05) is 32.5 Å². The maximum atomic E-state index is 12.9. The van der Waals surface area contributed by atoms with Crippen LogP contribution in [0.2, 0.25) is 0 Å². The maximum Gasteiger partial charge on any atom is 0.405 e. The second-order valence-electron chi connectivity index (χ2n) is 8.44. The standard InChI is InChI=1S/C24H27F3N6O2S/c1-5-33-22(35)20(36-23(33)18(11-28)21(34)30-14-24(25,26)27)12-29-16-6-7-19-17(10-16)15(13-32(19)4)8-9-31(2)3/h6-7,10,12-13,29H,5,8-9,14H2,1-4H3,(H,30,34)/b20-12-,23-18+. The van der Waals surface area contributed by atoms with Crippen molar-refractivity contribution in [3.63, 3.8) is 0 Å². The zero-order valence-corrected chi connectivity index (χ0v) is 21.2. The van der Waals surface area contributed by atoms with Crippen molar-refractivity contribution in [2.24, 2.45) is 7.05 Å². The molecule has 192 valence electrons. The molecule has 0 aliphatic carbocycles. The largest absolute Gasteiger partial charge is 0.405 e. The van der Waals surface area contributed by atoms with E-state index in [-0.39, 0.29) is 15.7 Å². The summed E-state index contributed by atoms with van der Waals surface area (Å²) in [5, 5.41) is 15.3. The van der Waals surface area contributed by atoms with Crippen LogP contribution < -0.4 is 25.4 Å². The molecule has 0 bridgehead atoms. The minimum absolute atomic E-state index is 0.00204. The van der Waals surface area contributed by atoms with E-state index in [1.165, 1.54) is 16.3 Å². The number of aryl methyl sites for hydroxylation is 1. The van der Waals surface area contributed by atoms with Crippen LogP contribution in [0.3, 0.4) is 0 Å². The van der Waals surface area contributed by atoms with E-state index in [4.69, 9.17) is 0 Å². The first-order chi connectivity index (χ1) is 16.9. The van der Waals surface area contributed by atoms with Gasteiger partial charge in [-0.05, 0) is 51.2 Å². The fourth-order valence-electron chi connectivity index (χ4n) is 3.71. The first-order valence-electron chi connectivity index (χ1n) is 11.1. The summed E-state index contributed by atoms with van der Waals surface area (Å²) in [5.41, 5.74) is 2.01. The summed E-state index contributed by atoms with van der Waals surface area (Å²) in [6, 6.07) is 7.47. The second-order valence-corrected chi connectivity index (χ2v) is 9.48. The molecule has 12 heteroatoms. The minimum atomic E-state index is -4.62. The topological polar surface area (TPSA) is 95.1 Å². The number of halogens is 3. The number of nitrogens with zero attached hydrogens (tertiary/aromatic N) is 4. The van der Waals surface area contributed by atoms with E-state index in [9.17, 15) is 28.0 Å². The van der Waals surface area contributed by atoms with Crippen LogP contribution in [-0.4, -0.2) is 53.3 Å². The molecule has 1 aromatic carbocycles. The van der Waals surface area contributed by atoms with Crippen molar-refractivity contribution in [2.45, 2.75) is 26.1 Å². The van der Waals surface area contributed by atoms with Crippen LogP contribution >= 0.6 is 11.3 Å². The number of alkyl halides is 3. The van der Waals surface area contributed by atoms with E-state index in [1.807, 2.05) is 39.3 Å². The molecule has 8 nitrogen and oxygen atoms in total. The van der Waals surface area contributed by atoms with Crippen LogP contribution in [0.4, 0.5) is 18.9 Å². The molecule has 0 aliphatic rings. The summed E-state index contributed by atoms with van der Waals surface area (Å²) >= 11 is 0.868. The molecule has 0 atom stereocenters. The molecule has 0 unspecified atom stereocenters. The lowest BCUT2D eigenvalue weighted by Crippen LogP contribution is -2.37. The number of thiazole rings is 1. The molecule has 2 N–H and O–H groups in total. The van der Waals surface area contributed by atoms with Gasteiger partial charge in [0.1, 0.15) is 21.8 Å². The SMILES string of the molecule is CCn1c(=O)/c(=C/Nc2ccc3c(c2)c(CCN(C)C)cn3C)s/c1=C(\C#N)C(=O)NCC(F)(F)F. The number of nitrogens with one attached hydrogen (secondary N) is 2. The Labute approximate surface area is 209 Å². The molecule has 2 aromatic heterocycles. The highest BCUT2D eigenvalue weighted by atomic mass is 32.1. The van der Waals surface area contributed by atoms with Gasteiger partial charge in [0.25, 0.3) is 11.5 Å². The van der Waals surface area contributed by atoms with Gasteiger partial charge in [-0.1, -0.05) is 0 Å². The molecule has 3 rings (SSSR count). The summed E-state index contributed by atoms with van der Waals surface area (Å²) in [7, 11) is 6.01. The van der Waals surface area contributed by atoms with E-state index in [0.29, 0.717) is 0 Å². The van der Waals surface area contributed by atoms with E-state index < -0.39 is 29.8 Å². The van der Waals surface area contributed by atoms with Crippen LogP contribution in [0.15, 0.2) is 29.2 Å². The Morgan fingerprint density at radius 2 is 2.03 bits per heavy atom. The highest BCUT2D eigenvalue weighted by Gasteiger charge is 2.28. The molecule has 36 heavy (non-hydrogen) atoms. The smallest absolute Gasteiger partial charge is 0.360 e. The second kappa shape index (κ2) is 11.0. The Hall–Kier alpha value is -3.56. The number of hydrogen-bond donors (Lipinski definition) is 2. The third-order valence-corrected chi connectivity index (χ3v) is 6.63. The van der Waals surface area contributed by atoms with E-state index in [2.05, 4.69) is 21.0 Å². The van der Waals surface area contributed by atoms with Gasteiger partial charge in [-0.2, -0.15) is 18.4 Å². The lowest BCUT2D eigenvalue weighted by Gasteiger charge is -2.08. The summed E-state index contributed by atoms with van der Waals surface area (Å²) in [4.78, 5) is 27.2. The van der Waals surface area contributed by atoms with Gasteiger partial charge < -0.3 is 20.1 Å². The van der Waals surface area contributed by atoms with E-state index in [1.54, 1.807) is 18.3 Å². The number of fused-ring (bicyclic) bond motifs is 1. The number of nitriles is 1. The predicted molar refractivity (Wildman–Crippen MR) is 135 cm³/mol. The Bertz CT molecular complexity index is 1490. The van der Waals surface area contributed by atoms with Crippen molar-refractivity contribution in [3.05, 3.63) is 49.5 Å². The number of carbonyl (C=O) groups is 1. The third-order valence-electron chi connectivity index (χ3n) is 5.50. The Balaban J connectivity index is 1.99. The fraction of sp³-hybridized carbons (Fsp3) is 0.375. The number of rotatable bonds is 8. The molecule has 1 amide bonds. The van der Waals surface area contributed by atoms with Crippen molar-refractivity contribution >= 4 is 45.6 Å². The van der Waals surface area contributed by atoms with Crippen molar-refractivity contribution in [1.29, 1.82) is 5.26 Å². The number of hydrogen-bond acceptors (Lipinski definition) is 6. The summed E-state index contributed by atoms with van der Waals surface area (Å²) in [5.74, 6) is -1.18. The number of benzene rings is 1. The summed E-state index contributed by atoms with van der Waals surface area (Å²) in [6.45, 7) is 1.11. The van der Waals surface area contributed by atoms with Gasteiger partial charge in [-0.25, -0.2) is 0 Å². The van der Waals surface area contributed by atoms with Crippen LogP contribution in [0.5, 0.6) is 0 Å². The van der Waals surface area contributed by atoms with Crippen molar-refractivity contribution < 1.29 is 18.0 Å². The van der Waals surface area contributed by atoms with Gasteiger partial charge >= 0.3 is 6.18 Å². The van der Waals surface area contributed by atoms with Crippen molar-refractivity contribution in [3.8, 4) is 6.07 Å². The quantitative estimate of drug-likeness (QED) is 0.472. The van der Waals surface area contributed by atoms with Crippen LogP contribution in [0.25, 0.3) is 22.7 Å². The molecule has 0 radical (unpaired) electrons. The van der Waals surface area contributed by atoms with Gasteiger partial charge in [-0.15, -0.1) is 11.3 Å². The fourth-order valence-corrected chi connectivity index (χ4v) is 4.80. The van der Waals surface area contributed by atoms with Gasteiger partial charge in [0.05, 0.1) is 0 Å². The number of anilines is 1. The van der Waals surface area contributed by atoms with Gasteiger partial charge in [0, 0.05) is 49.1 Å². The average Bonchev–Trinajstić information content (AvgIpc) is 3.30. The number of carbonyl (C=O) groups excluding carboxylic acids is 1. The zero-order chi connectivity index (χ0) is 26.6. The normalized spacial score (nSPS) is 13.2. The molecule has 0 aliphatic heterocycles. The average molecular weight is 521 g/mol. The lowest BCUT2D eigenvalue weighted by atomic mass is 10.1. The summed E-state index contributed by atoms with van der Waals surface area (Å²) < 4.78 is 40.9. The zero-order valence-electron chi connectivity index (χ0n) is 20.4. The third kappa shape index (κ3) is 6.16. The number of likely N-dealkylation sites (N-methyl/N-ethyl adjacent to an activating group) is 1. The molecule has 3 aromatic rings. The van der Waals surface area contributed by atoms with E-state index in [0.717, 1.165) is 40.9 Å². The predicted octanol–water partition coefficient (Wildman–Crippen LogP) is 1.73. The maximum absolute atomic E-state index is 12.9. The number of aromatic nitrogens is 2. The molecule has 0 fully saturated rings. The van der Waals surface area contributed by atoms with Crippen LogP contribution in [0.1, 0.15) is 12.5 Å². The highest BCUT2D eigenvalue weighted by Crippen LogP contribution is 2.25. The van der Waals surface area contributed by atoms with E-state index >= 15 is 0 Å². The molecule has 2 heterocycles. The molecule has 0 saturated heterocycles. The molecular formula is C24H27F3N6O2S. The summed E-state index contributed by atoms with van der Waals surface area (Å²) in [6.07, 6.45) is -0.174. The first kappa shape index (κ1) is 27.0. The monoisotopic (exact) mass is 520 g/mol. The highest BCUT2D eigenvalue weighted by molar-refractivity contribution is 7.07. The first-order valence-corrected chi connectivity index (χ1v) is 11.9. The Morgan fingerprint density at radius 1 is 1.31 bits per heavy atom. The number of amides is 1. The molecule has 0 spiro atoms. The lowest BCUT2D eigenvalue weighted by molar-refractivity contribution is -0.135. The molecular weight excluding hydrogens is 493 g/mol. The van der Waals surface area contributed by atoms with Crippen LogP contribution in [0, 0.1) is 11.3 Å². The Morgan fingerprint density at radius 3 is 2.64 bits per heavy atom. The minimum Gasteiger partial charge on any atom is -0.360 e. The van der Waals surface area contributed by atoms with Gasteiger partial charge in [0.2, 0.25) is 0 Å². The van der Waals surface area contributed by atoms with Crippen molar-refractivity contribution in [1.82, 2.24) is 19.4 Å².